The van der Waals surface area contributed by atoms with Gasteiger partial charge in [-0.25, -0.2) is 4.98 Å². The van der Waals surface area contributed by atoms with Crippen molar-refractivity contribution in [3.05, 3.63) is 24.3 Å². The molecule has 6 nitrogen and oxygen atoms in total. The largest absolute Gasteiger partial charge is 0.481 e. The summed E-state index contributed by atoms with van der Waals surface area (Å²) in [6, 6.07) is 8.22. The number of nitrogens with one attached hydrogen (secondary N) is 1. The number of aliphatic carboxylic acids is 1. The van der Waals surface area contributed by atoms with E-state index < -0.39 is 17.8 Å². The Hall–Kier alpha value is -2.37. The van der Waals surface area contributed by atoms with Gasteiger partial charge in [-0.15, -0.1) is 0 Å². The summed E-state index contributed by atoms with van der Waals surface area (Å²) >= 11 is 0. The van der Waals surface area contributed by atoms with Crippen LogP contribution >= 0.6 is 0 Å². The second-order valence-electron chi connectivity index (χ2n) is 6.51. The van der Waals surface area contributed by atoms with Crippen LogP contribution in [0.5, 0.6) is 0 Å². The summed E-state index contributed by atoms with van der Waals surface area (Å²) in [6.07, 6.45) is 4.97. The molecule has 2 aromatic rings. The highest BCUT2D eigenvalue weighted by Gasteiger charge is 2.48. The number of carbonyl (C=O) groups excluding carboxylic acids is 1. The predicted octanol–water partition coefficient (Wildman–Crippen LogP) is 2.81. The summed E-state index contributed by atoms with van der Waals surface area (Å²) in [5.74, 6) is -1.54. The van der Waals surface area contributed by atoms with Crippen LogP contribution in [0.3, 0.4) is 0 Å². The second-order valence-corrected chi connectivity index (χ2v) is 6.51. The van der Waals surface area contributed by atoms with E-state index in [0.717, 1.165) is 23.9 Å². The minimum Gasteiger partial charge on any atom is -0.481 e. The van der Waals surface area contributed by atoms with Gasteiger partial charge >= 0.3 is 5.97 Å². The quantitative estimate of drug-likeness (QED) is 0.909. The molecule has 4 rings (SSSR count). The van der Waals surface area contributed by atoms with Crippen molar-refractivity contribution in [3.63, 3.8) is 0 Å². The Morgan fingerprint density at radius 2 is 1.91 bits per heavy atom. The first-order chi connectivity index (χ1) is 11.1. The van der Waals surface area contributed by atoms with E-state index in [0.29, 0.717) is 18.4 Å². The first-order valence-corrected chi connectivity index (χ1v) is 8.16. The van der Waals surface area contributed by atoms with E-state index >= 15 is 0 Å². The number of rotatable bonds is 4. The summed E-state index contributed by atoms with van der Waals surface area (Å²) in [7, 11) is 0. The van der Waals surface area contributed by atoms with E-state index in [4.69, 9.17) is 5.11 Å². The normalized spacial score (nSPS) is 24.0. The van der Waals surface area contributed by atoms with Crippen LogP contribution in [0.1, 0.15) is 38.1 Å². The van der Waals surface area contributed by atoms with Crippen molar-refractivity contribution in [2.75, 3.05) is 5.32 Å². The maximum absolute atomic E-state index is 12.3. The summed E-state index contributed by atoms with van der Waals surface area (Å²) in [5, 5.41) is 11.9. The molecule has 120 valence electrons. The molecule has 2 saturated carbocycles. The van der Waals surface area contributed by atoms with Crippen molar-refractivity contribution in [1.82, 2.24) is 9.55 Å². The average Bonchev–Trinajstić information content (AvgIpc) is 3.02. The lowest BCUT2D eigenvalue weighted by molar-refractivity contribution is -0.139. The number of para-hydroxylation sites is 2. The number of carboxylic acids is 1. The summed E-state index contributed by atoms with van der Waals surface area (Å²) in [5.41, 5.74) is 1.89. The third-order valence-corrected chi connectivity index (χ3v) is 4.97. The van der Waals surface area contributed by atoms with Crippen molar-refractivity contribution < 1.29 is 14.7 Å². The minimum absolute atomic E-state index is 0.230. The summed E-state index contributed by atoms with van der Waals surface area (Å²) < 4.78 is 2.12. The number of anilines is 1. The number of benzene rings is 1. The van der Waals surface area contributed by atoms with E-state index in [2.05, 4.69) is 14.9 Å². The molecule has 0 bridgehead atoms. The van der Waals surface area contributed by atoms with E-state index in [1.165, 1.54) is 12.8 Å². The molecule has 2 N–H and O–H groups in total. The van der Waals surface area contributed by atoms with E-state index in [1.54, 1.807) is 0 Å². The third-order valence-electron chi connectivity index (χ3n) is 4.97. The number of nitrogens with zero attached hydrogens (tertiary/aromatic N) is 2. The SMILES string of the molecule is O=C(O)[C@@H]1C[C@H]1C(=O)Nc1nc2ccccc2n1C1CCCC1. The van der Waals surface area contributed by atoms with Gasteiger partial charge in [-0.2, -0.15) is 0 Å². The zero-order valence-corrected chi connectivity index (χ0v) is 12.7. The number of carboxylic acid groups (broad SMARTS) is 1. The van der Waals surface area contributed by atoms with Crippen LogP contribution in [-0.2, 0) is 9.59 Å². The predicted molar refractivity (Wildman–Crippen MR) is 85.1 cm³/mol. The number of imidazole rings is 1. The number of carbonyl (C=O) groups is 2. The molecule has 0 spiro atoms. The van der Waals surface area contributed by atoms with Gasteiger partial charge in [0.2, 0.25) is 11.9 Å². The van der Waals surface area contributed by atoms with Crippen molar-refractivity contribution in [2.24, 2.45) is 11.8 Å². The Balaban J connectivity index is 1.65. The smallest absolute Gasteiger partial charge is 0.307 e. The standard InChI is InChI=1S/C17H19N3O3/c21-15(11-9-12(11)16(22)23)19-17-18-13-7-3-4-8-14(13)20(17)10-5-1-2-6-10/h3-4,7-8,10-12H,1-2,5-6,9H2,(H,22,23)(H,18,19,21)/t11-,12-/m1/s1. The Morgan fingerprint density at radius 1 is 1.17 bits per heavy atom. The topological polar surface area (TPSA) is 84.2 Å². The number of fused-ring (bicyclic) bond motifs is 1. The zero-order chi connectivity index (χ0) is 16.0. The van der Waals surface area contributed by atoms with Gasteiger partial charge in [0.25, 0.3) is 0 Å². The molecule has 1 amide bonds. The molecule has 1 aromatic carbocycles. The van der Waals surface area contributed by atoms with Gasteiger partial charge in [-0.3, -0.25) is 14.9 Å². The first kappa shape index (κ1) is 14.2. The van der Waals surface area contributed by atoms with Gasteiger partial charge in [0, 0.05) is 6.04 Å². The highest BCUT2D eigenvalue weighted by atomic mass is 16.4. The van der Waals surface area contributed by atoms with Crippen LogP contribution in [0.4, 0.5) is 5.95 Å². The lowest BCUT2D eigenvalue weighted by Crippen LogP contribution is -2.20. The van der Waals surface area contributed by atoms with Crippen LogP contribution < -0.4 is 5.32 Å². The van der Waals surface area contributed by atoms with Gasteiger partial charge in [-0.1, -0.05) is 25.0 Å². The van der Waals surface area contributed by atoms with Gasteiger partial charge in [-0.05, 0) is 31.4 Å². The zero-order valence-electron chi connectivity index (χ0n) is 12.7. The van der Waals surface area contributed by atoms with Gasteiger partial charge < -0.3 is 9.67 Å². The molecular weight excluding hydrogens is 294 g/mol. The average molecular weight is 313 g/mol. The molecule has 23 heavy (non-hydrogen) atoms. The number of amides is 1. The lowest BCUT2D eigenvalue weighted by atomic mass is 10.2. The summed E-state index contributed by atoms with van der Waals surface area (Å²) in [4.78, 5) is 27.8. The van der Waals surface area contributed by atoms with Gasteiger partial charge in [0.1, 0.15) is 0 Å². The molecule has 2 atom stereocenters. The Kier molecular flexibility index (Phi) is 3.32. The molecule has 2 aliphatic rings. The van der Waals surface area contributed by atoms with Gasteiger partial charge in [0.15, 0.2) is 0 Å². The molecule has 1 heterocycles. The molecule has 0 radical (unpaired) electrons. The van der Waals surface area contributed by atoms with Crippen LogP contribution in [0.25, 0.3) is 11.0 Å². The maximum atomic E-state index is 12.3. The van der Waals surface area contributed by atoms with E-state index in [1.807, 2.05) is 24.3 Å². The van der Waals surface area contributed by atoms with Crippen LogP contribution in [0.2, 0.25) is 0 Å². The molecular formula is C17H19N3O3. The first-order valence-electron chi connectivity index (χ1n) is 8.16. The number of aromatic nitrogens is 2. The molecule has 0 aliphatic heterocycles. The van der Waals surface area contributed by atoms with Crippen molar-refractivity contribution in [3.8, 4) is 0 Å². The second kappa shape index (κ2) is 5.37. The van der Waals surface area contributed by atoms with E-state index in [-0.39, 0.29) is 5.91 Å². The molecule has 6 heteroatoms. The fourth-order valence-electron chi connectivity index (χ4n) is 3.63. The van der Waals surface area contributed by atoms with Crippen LogP contribution in [-0.4, -0.2) is 26.5 Å². The lowest BCUT2D eigenvalue weighted by Gasteiger charge is -2.16. The number of hydrogen-bond acceptors (Lipinski definition) is 3. The van der Waals surface area contributed by atoms with Gasteiger partial charge in [0.05, 0.1) is 22.9 Å². The fourth-order valence-corrected chi connectivity index (χ4v) is 3.63. The Morgan fingerprint density at radius 3 is 2.61 bits per heavy atom. The highest BCUT2D eigenvalue weighted by molar-refractivity contribution is 5.98. The highest BCUT2D eigenvalue weighted by Crippen LogP contribution is 2.40. The third kappa shape index (κ3) is 2.48. The Labute approximate surface area is 133 Å². The Bertz CT molecular complexity index is 776. The minimum atomic E-state index is -0.894. The van der Waals surface area contributed by atoms with Crippen LogP contribution in [0, 0.1) is 11.8 Å². The molecule has 0 unspecified atom stereocenters. The van der Waals surface area contributed by atoms with E-state index in [9.17, 15) is 9.59 Å². The van der Waals surface area contributed by atoms with Crippen molar-refractivity contribution >= 4 is 28.9 Å². The van der Waals surface area contributed by atoms with Crippen molar-refractivity contribution in [2.45, 2.75) is 38.1 Å². The fraction of sp³-hybridized carbons (Fsp3) is 0.471. The summed E-state index contributed by atoms with van der Waals surface area (Å²) in [6.45, 7) is 0. The van der Waals surface area contributed by atoms with Crippen LogP contribution in [0.15, 0.2) is 24.3 Å². The molecule has 2 fully saturated rings. The monoisotopic (exact) mass is 313 g/mol. The number of hydrogen-bond donors (Lipinski definition) is 2. The molecule has 2 aliphatic carbocycles. The maximum Gasteiger partial charge on any atom is 0.307 e. The molecule has 0 saturated heterocycles. The van der Waals surface area contributed by atoms with Crippen molar-refractivity contribution in [1.29, 1.82) is 0 Å². The molecule has 1 aromatic heterocycles.